The zero-order valence-corrected chi connectivity index (χ0v) is 7.88. The second-order valence-corrected chi connectivity index (χ2v) is 4.31. The molecule has 1 N–H and O–H groups in total. The molecule has 1 aliphatic heterocycles. The highest BCUT2D eigenvalue weighted by atomic mass is 32.2. The van der Waals surface area contributed by atoms with Crippen LogP contribution in [0.3, 0.4) is 0 Å². The number of benzene rings is 1. The van der Waals surface area contributed by atoms with Crippen molar-refractivity contribution in [3.8, 4) is 12.3 Å². The monoisotopic (exact) mass is 206 g/mol. The Morgan fingerprint density at radius 1 is 1.43 bits per heavy atom. The lowest BCUT2D eigenvalue weighted by atomic mass is 10.2. The molecule has 0 fully saturated rings. The van der Waals surface area contributed by atoms with Gasteiger partial charge in [0.15, 0.2) is 0 Å². The Labute approximate surface area is 81.7 Å². The summed E-state index contributed by atoms with van der Waals surface area (Å²) < 4.78 is 26.1. The third-order valence-electron chi connectivity index (χ3n) is 1.84. The van der Waals surface area contributed by atoms with Crippen LogP contribution in [-0.4, -0.2) is 14.8 Å². The molecule has 0 saturated carbocycles. The second kappa shape index (κ2) is 2.86. The summed E-state index contributed by atoms with van der Waals surface area (Å²) in [6, 6.07) is 4.61. The Hall–Kier alpha value is -1.80. The molecule has 0 radical (unpaired) electrons. The van der Waals surface area contributed by atoms with Crippen LogP contribution < -0.4 is 5.32 Å². The van der Waals surface area contributed by atoms with E-state index in [9.17, 15) is 8.42 Å². The van der Waals surface area contributed by atoms with Gasteiger partial charge < -0.3 is 5.32 Å². The molecule has 0 spiro atoms. The van der Waals surface area contributed by atoms with E-state index in [0.29, 0.717) is 11.3 Å². The third-order valence-corrected chi connectivity index (χ3v) is 3.13. The third kappa shape index (κ3) is 1.26. The van der Waals surface area contributed by atoms with E-state index in [1.54, 1.807) is 12.1 Å². The molecule has 14 heavy (non-hydrogen) atoms. The molecule has 0 unspecified atom stereocenters. The smallest absolute Gasteiger partial charge is 0.285 e. The maximum absolute atomic E-state index is 11.4. The van der Waals surface area contributed by atoms with Crippen LogP contribution in [-0.2, 0) is 10.0 Å². The first-order valence-electron chi connectivity index (χ1n) is 3.79. The molecule has 5 heteroatoms. The van der Waals surface area contributed by atoms with Gasteiger partial charge in [-0.15, -0.1) is 10.8 Å². The number of sulfonamides is 1. The standard InChI is InChI=1S/C9H6N2O2S/c1-2-7-3-4-9-8(5-7)10-6-11-14(9,12)13/h1,3-6H,(H,10,11). The SMILES string of the molecule is C#Cc1ccc2c(c1)NC=NS2(=O)=O. The molecule has 0 aliphatic carbocycles. The largest absolute Gasteiger partial charge is 0.345 e. The average molecular weight is 206 g/mol. The quantitative estimate of drug-likeness (QED) is 0.639. The van der Waals surface area contributed by atoms with E-state index >= 15 is 0 Å². The highest BCUT2D eigenvalue weighted by Gasteiger charge is 2.20. The van der Waals surface area contributed by atoms with Crippen molar-refractivity contribution in [3.05, 3.63) is 23.8 Å². The van der Waals surface area contributed by atoms with Crippen LogP contribution in [0.2, 0.25) is 0 Å². The Morgan fingerprint density at radius 2 is 2.21 bits per heavy atom. The fourth-order valence-electron chi connectivity index (χ4n) is 1.18. The summed E-state index contributed by atoms with van der Waals surface area (Å²) in [4.78, 5) is 0.152. The molecule has 1 aromatic rings. The number of fused-ring (bicyclic) bond motifs is 1. The molecular weight excluding hydrogens is 200 g/mol. The molecule has 0 saturated heterocycles. The van der Waals surface area contributed by atoms with Gasteiger partial charge in [-0.1, -0.05) is 5.92 Å². The molecule has 1 aromatic carbocycles. The second-order valence-electron chi connectivity index (χ2n) is 2.71. The summed E-state index contributed by atoms with van der Waals surface area (Å²) in [7, 11) is -3.53. The summed E-state index contributed by atoms with van der Waals surface area (Å²) in [5.74, 6) is 2.43. The predicted octanol–water partition coefficient (Wildman–Crippen LogP) is 0.810. The average Bonchev–Trinajstić information content (AvgIpc) is 2.16. The van der Waals surface area contributed by atoms with Crippen LogP contribution in [0.1, 0.15) is 5.56 Å². The summed E-state index contributed by atoms with van der Waals surface area (Å²) in [5.41, 5.74) is 1.09. The minimum absolute atomic E-state index is 0.152. The number of nitrogens with one attached hydrogen (secondary N) is 1. The zero-order valence-electron chi connectivity index (χ0n) is 7.06. The molecule has 4 nitrogen and oxygen atoms in total. The molecule has 0 aromatic heterocycles. The maximum atomic E-state index is 11.4. The molecule has 2 rings (SSSR count). The molecule has 70 valence electrons. The molecule has 0 bridgehead atoms. The lowest BCUT2D eigenvalue weighted by Gasteiger charge is -2.11. The topological polar surface area (TPSA) is 58.5 Å². The highest BCUT2D eigenvalue weighted by Crippen LogP contribution is 2.26. The van der Waals surface area contributed by atoms with Gasteiger partial charge in [0.05, 0.1) is 5.69 Å². The Morgan fingerprint density at radius 3 is 2.93 bits per heavy atom. The fraction of sp³-hybridized carbons (Fsp3) is 0. The van der Waals surface area contributed by atoms with Gasteiger partial charge in [0.2, 0.25) is 0 Å². The number of nitrogens with zero attached hydrogens (tertiary/aromatic N) is 1. The van der Waals surface area contributed by atoms with E-state index in [0.717, 1.165) is 6.34 Å². The lowest BCUT2D eigenvalue weighted by molar-refractivity contribution is 0.598. The van der Waals surface area contributed by atoms with Gasteiger partial charge in [0, 0.05) is 5.56 Å². The number of hydrogen-bond donors (Lipinski definition) is 1. The normalized spacial score (nSPS) is 16.5. The highest BCUT2D eigenvalue weighted by molar-refractivity contribution is 7.90. The van der Waals surface area contributed by atoms with E-state index in [1.807, 2.05) is 0 Å². The van der Waals surface area contributed by atoms with E-state index in [2.05, 4.69) is 15.6 Å². The van der Waals surface area contributed by atoms with Gasteiger partial charge >= 0.3 is 0 Å². The van der Waals surface area contributed by atoms with Crippen molar-refractivity contribution >= 4 is 22.0 Å². The van der Waals surface area contributed by atoms with E-state index < -0.39 is 10.0 Å². The van der Waals surface area contributed by atoms with Crippen molar-refractivity contribution < 1.29 is 8.42 Å². The fourth-order valence-corrected chi connectivity index (χ4v) is 2.12. The number of terminal acetylenes is 1. The first-order chi connectivity index (χ1) is 6.63. The van der Waals surface area contributed by atoms with Gasteiger partial charge in [-0.25, -0.2) is 0 Å². The van der Waals surface area contributed by atoms with Crippen LogP contribution in [0.25, 0.3) is 0 Å². The van der Waals surface area contributed by atoms with E-state index in [1.165, 1.54) is 6.07 Å². The van der Waals surface area contributed by atoms with Crippen molar-refractivity contribution in [2.75, 3.05) is 5.32 Å². The van der Waals surface area contributed by atoms with E-state index in [4.69, 9.17) is 6.42 Å². The molecular formula is C9H6N2O2S. The van der Waals surface area contributed by atoms with Crippen molar-refractivity contribution in [3.63, 3.8) is 0 Å². The Kier molecular flexibility index (Phi) is 1.79. The van der Waals surface area contributed by atoms with Gasteiger partial charge in [0.1, 0.15) is 11.2 Å². The summed E-state index contributed by atoms with van der Waals surface area (Å²) in [6.07, 6.45) is 6.33. The molecule has 0 amide bonds. The van der Waals surface area contributed by atoms with Gasteiger partial charge in [-0.3, -0.25) is 0 Å². The van der Waals surface area contributed by atoms with E-state index in [-0.39, 0.29) is 4.90 Å². The molecule has 1 aliphatic rings. The number of rotatable bonds is 0. The first-order valence-corrected chi connectivity index (χ1v) is 5.23. The van der Waals surface area contributed by atoms with Crippen LogP contribution in [0.4, 0.5) is 5.69 Å². The Balaban J connectivity index is 2.70. The van der Waals surface area contributed by atoms with Gasteiger partial charge in [0.25, 0.3) is 10.0 Å². The molecule has 0 atom stereocenters. The lowest BCUT2D eigenvalue weighted by Crippen LogP contribution is -2.11. The zero-order chi connectivity index (χ0) is 10.2. The number of hydrogen-bond acceptors (Lipinski definition) is 3. The molecule has 1 heterocycles. The van der Waals surface area contributed by atoms with Crippen LogP contribution in [0.15, 0.2) is 27.5 Å². The summed E-state index contributed by atoms with van der Waals surface area (Å²) in [6.45, 7) is 0. The predicted molar refractivity (Wildman–Crippen MR) is 53.7 cm³/mol. The number of anilines is 1. The Bertz CT molecular complexity index is 553. The van der Waals surface area contributed by atoms with Crippen molar-refractivity contribution in [2.45, 2.75) is 4.90 Å². The van der Waals surface area contributed by atoms with Crippen molar-refractivity contribution in [1.29, 1.82) is 0 Å². The summed E-state index contributed by atoms with van der Waals surface area (Å²) in [5, 5.41) is 2.73. The van der Waals surface area contributed by atoms with Gasteiger partial charge in [-0.05, 0) is 18.2 Å². The minimum Gasteiger partial charge on any atom is -0.345 e. The first kappa shape index (κ1) is 8.78. The van der Waals surface area contributed by atoms with Crippen LogP contribution in [0.5, 0.6) is 0 Å². The van der Waals surface area contributed by atoms with Crippen LogP contribution in [0, 0.1) is 12.3 Å². The summed E-state index contributed by atoms with van der Waals surface area (Å²) >= 11 is 0. The van der Waals surface area contributed by atoms with Crippen molar-refractivity contribution in [2.24, 2.45) is 4.40 Å². The van der Waals surface area contributed by atoms with Gasteiger partial charge in [-0.2, -0.15) is 8.42 Å². The van der Waals surface area contributed by atoms with Crippen molar-refractivity contribution in [1.82, 2.24) is 0 Å². The minimum atomic E-state index is -3.53. The van der Waals surface area contributed by atoms with Crippen LogP contribution >= 0.6 is 0 Å². The maximum Gasteiger partial charge on any atom is 0.285 e.